The molecule has 0 aliphatic carbocycles. The van der Waals surface area contributed by atoms with E-state index in [0.717, 1.165) is 30.0 Å². The summed E-state index contributed by atoms with van der Waals surface area (Å²) in [6.07, 6.45) is 4.20. The Bertz CT molecular complexity index is 711. The zero-order chi connectivity index (χ0) is 16.3. The van der Waals surface area contributed by atoms with E-state index < -0.39 is 0 Å². The molecule has 23 heavy (non-hydrogen) atoms. The minimum atomic E-state index is -0.244. The lowest BCUT2D eigenvalue weighted by atomic mass is 9.83. The number of anilines is 1. The topological polar surface area (TPSA) is 16.1 Å². The lowest BCUT2D eigenvalue weighted by molar-refractivity contribution is 0.279. The molecule has 3 rings (SSSR count). The lowest BCUT2D eigenvalue weighted by Crippen LogP contribution is -2.37. The van der Waals surface area contributed by atoms with E-state index in [-0.39, 0.29) is 5.82 Å². The summed E-state index contributed by atoms with van der Waals surface area (Å²) in [6, 6.07) is 10.2. The zero-order valence-electron chi connectivity index (χ0n) is 13.6. The molecule has 118 valence electrons. The van der Waals surface area contributed by atoms with Crippen LogP contribution in [0.1, 0.15) is 37.8 Å². The van der Waals surface area contributed by atoms with Crippen LogP contribution >= 0.6 is 0 Å². The second-order valence-electron chi connectivity index (χ2n) is 6.81. The first-order valence-electron chi connectivity index (χ1n) is 8.00. The van der Waals surface area contributed by atoms with E-state index in [0.29, 0.717) is 5.41 Å². The van der Waals surface area contributed by atoms with Gasteiger partial charge in [0.1, 0.15) is 11.6 Å². The molecule has 0 bridgehead atoms. The Balaban J connectivity index is 1.67. The Morgan fingerprint density at radius 3 is 2.17 bits per heavy atom. The van der Waals surface area contributed by atoms with Gasteiger partial charge in [0.05, 0.1) is 0 Å². The van der Waals surface area contributed by atoms with Crippen LogP contribution < -0.4 is 4.90 Å². The second-order valence-corrected chi connectivity index (χ2v) is 6.81. The van der Waals surface area contributed by atoms with Gasteiger partial charge >= 0.3 is 0 Å². The van der Waals surface area contributed by atoms with Crippen molar-refractivity contribution in [3.8, 4) is 11.8 Å². The van der Waals surface area contributed by atoms with Crippen molar-refractivity contribution in [1.29, 1.82) is 0 Å². The van der Waals surface area contributed by atoms with Crippen molar-refractivity contribution < 1.29 is 4.39 Å². The Morgan fingerprint density at radius 2 is 1.57 bits per heavy atom. The highest BCUT2D eigenvalue weighted by atomic mass is 19.1. The van der Waals surface area contributed by atoms with Crippen molar-refractivity contribution in [1.82, 2.24) is 4.98 Å². The molecule has 3 heteroatoms. The highest BCUT2D eigenvalue weighted by Crippen LogP contribution is 2.31. The molecule has 1 aliphatic rings. The molecular weight excluding hydrogens is 287 g/mol. The van der Waals surface area contributed by atoms with Gasteiger partial charge in [-0.05, 0) is 54.7 Å². The van der Waals surface area contributed by atoms with Crippen LogP contribution in [0, 0.1) is 23.1 Å². The van der Waals surface area contributed by atoms with Gasteiger partial charge in [-0.15, -0.1) is 0 Å². The van der Waals surface area contributed by atoms with E-state index in [2.05, 4.69) is 35.6 Å². The van der Waals surface area contributed by atoms with Crippen molar-refractivity contribution in [2.45, 2.75) is 26.7 Å². The maximum atomic E-state index is 12.9. The third-order valence-electron chi connectivity index (χ3n) is 4.38. The number of rotatable bonds is 1. The zero-order valence-corrected chi connectivity index (χ0v) is 13.6. The minimum Gasteiger partial charge on any atom is -0.357 e. The molecule has 0 unspecified atom stereocenters. The van der Waals surface area contributed by atoms with E-state index in [1.165, 1.54) is 25.0 Å². The van der Waals surface area contributed by atoms with Gasteiger partial charge in [-0.1, -0.05) is 25.7 Å². The Kier molecular flexibility index (Phi) is 4.34. The standard InChI is InChI=1S/C20H21FN2/c1-20(2)11-13-23(14-12-20)19-10-7-17(15-22-19)4-3-16-5-8-18(21)9-6-16/h5-10,15H,11-14H2,1-2H3. The smallest absolute Gasteiger partial charge is 0.128 e. The molecule has 2 nitrogen and oxygen atoms in total. The first-order chi connectivity index (χ1) is 11.0. The fourth-order valence-corrected chi connectivity index (χ4v) is 2.67. The number of benzene rings is 1. The molecule has 1 saturated heterocycles. The maximum absolute atomic E-state index is 12.9. The summed E-state index contributed by atoms with van der Waals surface area (Å²) >= 11 is 0. The van der Waals surface area contributed by atoms with Gasteiger partial charge in [-0.25, -0.2) is 9.37 Å². The molecule has 0 atom stereocenters. The molecule has 0 spiro atoms. The van der Waals surface area contributed by atoms with Gasteiger partial charge in [0.2, 0.25) is 0 Å². The first-order valence-corrected chi connectivity index (χ1v) is 8.00. The fourth-order valence-electron chi connectivity index (χ4n) is 2.67. The SMILES string of the molecule is CC1(C)CCN(c2ccc(C#Cc3ccc(F)cc3)cn2)CC1. The normalized spacial score (nSPS) is 16.6. The number of piperidine rings is 1. The molecule has 0 radical (unpaired) electrons. The third-order valence-corrected chi connectivity index (χ3v) is 4.38. The van der Waals surface area contributed by atoms with Crippen LogP contribution in [0.4, 0.5) is 10.2 Å². The minimum absolute atomic E-state index is 0.244. The molecule has 1 fully saturated rings. The second kappa shape index (κ2) is 6.42. The average molecular weight is 308 g/mol. The number of hydrogen-bond acceptors (Lipinski definition) is 2. The quantitative estimate of drug-likeness (QED) is 0.732. The summed E-state index contributed by atoms with van der Waals surface area (Å²) < 4.78 is 12.9. The molecule has 0 amide bonds. The molecule has 1 aromatic carbocycles. The predicted molar refractivity (Wildman–Crippen MR) is 91.8 cm³/mol. The molecule has 0 saturated carbocycles. The highest BCUT2D eigenvalue weighted by Gasteiger charge is 2.25. The largest absolute Gasteiger partial charge is 0.357 e. The van der Waals surface area contributed by atoms with Crippen LogP contribution in [0.3, 0.4) is 0 Å². The highest BCUT2D eigenvalue weighted by molar-refractivity contribution is 5.46. The van der Waals surface area contributed by atoms with Crippen LogP contribution in [0.5, 0.6) is 0 Å². The van der Waals surface area contributed by atoms with Crippen molar-refractivity contribution in [3.63, 3.8) is 0 Å². The molecule has 2 aromatic rings. The number of pyridine rings is 1. The van der Waals surface area contributed by atoms with Gasteiger partial charge in [0, 0.05) is 30.4 Å². The molecule has 1 aromatic heterocycles. The molecule has 2 heterocycles. The van der Waals surface area contributed by atoms with Gasteiger partial charge in [0.15, 0.2) is 0 Å². The van der Waals surface area contributed by atoms with E-state index in [1.54, 1.807) is 12.1 Å². The summed E-state index contributed by atoms with van der Waals surface area (Å²) in [5.41, 5.74) is 2.11. The predicted octanol–water partition coefficient (Wildman–Crippen LogP) is 4.25. The summed E-state index contributed by atoms with van der Waals surface area (Å²) in [4.78, 5) is 6.88. The lowest BCUT2D eigenvalue weighted by Gasteiger charge is -2.37. The van der Waals surface area contributed by atoms with Crippen molar-refractivity contribution in [2.24, 2.45) is 5.41 Å². The maximum Gasteiger partial charge on any atom is 0.128 e. The molecular formula is C20H21FN2. The summed E-state index contributed by atoms with van der Waals surface area (Å²) in [5.74, 6) is 6.87. The number of nitrogens with zero attached hydrogens (tertiary/aromatic N) is 2. The first kappa shape index (κ1) is 15.6. The fraction of sp³-hybridized carbons (Fsp3) is 0.350. The van der Waals surface area contributed by atoms with E-state index in [9.17, 15) is 4.39 Å². The third kappa shape index (κ3) is 4.10. The van der Waals surface area contributed by atoms with Gasteiger partial charge in [-0.3, -0.25) is 0 Å². The Hall–Kier alpha value is -2.34. The van der Waals surface area contributed by atoms with Crippen LogP contribution in [-0.4, -0.2) is 18.1 Å². The van der Waals surface area contributed by atoms with Crippen LogP contribution in [0.15, 0.2) is 42.6 Å². The van der Waals surface area contributed by atoms with Crippen LogP contribution in [0.2, 0.25) is 0 Å². The van der Waals surface area contributed by atoms with Gasteiger partial charge in [0.25, 0.3) is 0 Å². The Morgan fingerprint density at radius 1 is 0.957 bits per heavy atom. The molecule has 1 aliphatic heterocycles. The van der Waals surface area contributed by atoms with Crippen LogP contribution in [0.25, 0.3) is 0 Å². The van der Waals surface area contributed by atoms with Crippen molar-refractivity contribution in [2.75, 3.05) is 18.0 Å². The summed E-state index contributed by atoms with van der Waals surface area (Å²) in [6.45, 7) is 6.76. The van der Waals surface area contributed by atoms with Gasteiger partial charge < -0.3 is 4.90 Å². The van der Waals surface area contributed by atoms with Crippen molar-refractivity contribution in [3.05, 3.63) is 59.5 Å². The van der Waals surface area contributed by atoms with E-state index >= 15 is 0 Å². The molecule has 0 N–H and O–H groups in total. The number of hydrogen-bond donors (Lipinski definition) is 0. The van der Waals surface area contributed by atoms with E-state index in [4.69, 9.17) is 0 Å². The van der Waals surface area contributed by atoms with Crippen molar-refractivity contribution >= 4 is 5.82 Å². The summed E-state index contributed by atoms with van der Waals surface area (Å²) in [7, 11) is 0. The van der Waals surface area contributed by atoms with Gasteiger partial charge in [-0.2, -0.15) is 0 Å². The number of halogens is 1. The number of aromatic nitrogens is 1. The van der Waals surface area contributed by atoms with Crippen LogP contribution in [-0.2, 0) is 0 Å². The Labute approximate surface area is 137 Å². The van der Waals surface area contributed by atoms with E-state index in [1.807, 2.05) is 18.3 Å². The average Bonchev–Trinajstić information content (AvgIpc) is 2.55. The summed E-state index contributed by atoms with van der Waals surface area (Å²) in [5, 5.41) is 0. The monoisotopic (exact) mass is 308 g/mol.